The number of hydrogen-bond acceptors (Lipinski definition) is 8. The molecule has 5 heterocycles. The van der Waals surface area contributed by atoms with E-state index in [0.717, 1.165) is 0 Å². The molecule has 2 saturated heterocycles. The second-order valence-corrected chi connectivity index (χ2v) is 9.21. The van der Waals surface area contributed by atoms with Crippen molar-refractivity contribution in [1.29, 1.82) is 0 Å². The maximum absolute atomic E-state index is 11.4. The highest BCUT2D eigenvalue weighted by Gasteiger charge is 2.65. The molecular weight excluding hydrogens is 438 g/mol. The maximum atomic E-state index is 11.4. The quantitative estimate of drug-likeness (QED) is 0.595. The highest BCUT2D eigenvalue weighted by molar-refractivity contribution is 6.33. The molecule has 32 heavy (non-hydrogen) atoms. The SMILES string of the molecule is CC1(C)O[C@H]2[C@H](n3ccc4c(Cl)ncnc43)O[C@H]([C@H](O)c3ccc4c(c3)OCO4)[C@@]2(C)O1. The van der Waals surface area contributed by atoms with Crippen LogP contribution in [0.3, 0.4) is 0 Å². The Morgan fingerprint density at radius 2 is 1.97 bits per heavy atom. The largest absolute Gasteiger partial charge is 0.454 e. The third-order valence-corrected chi connectivity index (χ3v) is 6.61. The first kappa shape index (κ1) is 20.2. The van der Waals surface area contributed by atoms with Gasteiger partial charge in [-0.25, -0.2) is 9.97 Å². The van der Waals surface area contributed by atoms with Crippen LogP contribution < -0.4 is 9.47 Å². The van der Waals surface area contributed by atoms with Crippen molar-refractivity contribution in [3.63, 3.8) is 0 Å². The Balaban J connectivity index is 1.41. The average molecular weight is 460 g/mol. The van der Waals surface area contributed by atoms with Crippen molar-refractivity contribution in [2.24, 2.45) is 0 Å². The molecule has 0 radical (unpaired) electrons. The first-order valence-electron chi connectivity index (χ1n) is 10.3. The molecule has 0 aliphatic carbocycles. The molecule has 0 saturated carbocycles. The van der Waals surface area contributed by atoms with Crippen LogP contribution in [0.1, 0.15) is 38.7 Å². The van der Waals surface area contributed by atoms with Crippen molar-refractivity contribution in [3.05, 3.63) is 47.5 Å². The minimum absolute atomic E-state index is 0.160. The molecule has 168 valence electrons. The van der Waals surface area contributed by atoms with E-state index in [1.165, 1.54) is 6.33 Å². The number of halogens is 1. The molecule has 2 aromatic heterocycles. The number of aliphatic hydroxyl groups excluding tert-OH is 1. The Kier molecular flexibility index (Phi) is 4.28. The van der Waals surface area contributed by atoms with Crippen LogP contribution in [0.5, 0.6) is 11.5 Å². The van der Waals surface area contributed by atoms with Gasteiger partial charge in [-0.1, -0.05) is 17.7 Å². The van der Waals surface area contributed by atoms with E-state index in [4.69, 9.17) is 35.3 Å². The minimum atomic E-state index is -1.00. The summed E-state index contributed by atoms with van der Waals surface area (Å²) >= 11 is 6.24. The van der Waals surface area contributed by atoms with Crippen LogP contribution in [0, 0.1) is 0 Å². The topological polar surface area (TPSA) is 97.1 Å². The van der Waals surface area contributed by atoms with Gasteiger partial charge in [0.2, 0.25) is 6.79 Å². The zero-order valence-corrected chi connectivity index (χ0v) is 18.4. The Morgan fingerprint density at radius 3 is 2.81 bits per heavy atom. The molecule has 5 atom stereocenters. The van der Waals surface area contributed by atoms with E-state index < -0.39 is 35.9 Å². The summed E-state index contributed by atoms with van der Waals surface area (Å²) in [6.45, 7) is 5.77. The molecule has 1 aromatic carbocycles. The average Bonchev–Trinajstić information content (AvgIpc) is 3.48. The summed E-state index contributed by atoms with van der Waals surface area (Å²) in [5.41, 5.74) is 0.317. The van der Waals surface area contributed by atoms with Crippen LogP contribution in [0.25, 0.3) is 11.0 Å². The molecule has 3 aliphatic heterocycles. The molecule has 0 amide bonds. The van der Waals surface area contributed by atoms with Crippen molar-refractivity contribution in [2.75, 3.05) is 6.79 Å². The van der Waals surface area contributed by atoms with E-state index in [2.05, 4.69) is 9.97 Å². The highest BCUT2D eigenvalue weighted by atomic mass is 35.5. The number of fused-ring (bicyclic) bond motifs is 3. The Morgan fingerprint density at radius 1 is 1.16 bits per heavy atom. The van der Waals surface area contributed by atoms with Gasteiger partial charge in [-0.05, 0) is 44.5 Å². The van der Waals surface area contributed by atoms with E-state index in [1.807, 2.05) is 37.6 Å². The number of benzene rings is 1. The molecule has 10 heteroatoms. The fourth-order valence-corrected chi connectivity index (χ4v) is 5.16. The molecular formula is C22H22ClN3O6. The van der Waals surface area contributed by atoms with Gasteiger partial charge in [0.15, 0.2) is 23.5 Å². The molecule has 3 aromatic rings. The van der Waals surface area contributed by atoms with E-state index in [1.54, 1.807) is 18.2 Å². The third-order valence-electron chi connectivity index (χ3n) is 6.31. The van der Waals surface area contributed by atoms with Crippen LogP contribution >= 0.6 is 11.6 Å². The van der Waals surface area contributed by atoms with Gasteiger partial charge in [0.05, 0.1) is 5.39 Å². The summed E-state index contributed by atoms with van der Waals surface area (Å²) in [6, 6.07) is 7.18. The lowest BCUT2D eigenvalue weighted by Crippen LogP contribution is -2.46. The van der Waals surface area contributed by atoms with Gasteiger partial charge in [-0.15, -0.1) is 0 Å². The molecule has 0 bridgehead atoms. The molecule has 6 rings (SSSR count). The van der Waals surface area contributed by atoms with E-state index >= 15 is 0 Å². The van der Waals surface area contributed by atoms with Crippen molar-refractivity contribution in [2.45, 2.75) is 56.7 Å². The fourth-order valence-electron chi connectivity index (χ4n) is 4.97. The zero-order valence-electron chi connectivity index (χ0n) is 17.7. The summed E-state index contributed by atoms with van der Waals surface area (Å²) in [6.07, 6.45) is 0.410. The van der Waals surface area contributed by atoms with Crippen molar-refractivity contribution in [1.82, 2.24) is 14.5 Å². The van der Waals surface area contributed by atoms with Gasteiger partial charge in [0.25, 0.3) is 0 Å². The third kappa shape index (κ3) is 2.85. The number of aromatic nitrogens is 3. The fraction of sp³-hybridized carbons (Fsp3) is 0.455. The first-order valence-corrected chi connectivity index (χ1v) is 10.7. The predicted octanol–water partition coefficient (Wildman–Crippen LogP) is 3.35. The van der Waals surface area contributed by atoms with Crippen LogP contribution in [0.2, 0.25) is 5.15 Å². The number of aliphatic hydroxyl groups is 1. The van der Waals surface area contributed by atoms with Crippen LogP contribution in [0.4, 0.5) is 0 Å². The summed E-state index contributed by atoms with van der Waals surface area (Å²) in [4.78, 5) is 8.43. The zero-order chi connectivity index (χ0) is 22.3. The lowest BCUT2D eigenvalue weighted by atomic mass is 9.88. The van der Waals surface area contributed by atoms with E-state index in [9.17, 15) is 5.11 Å². The number of nitrogens with zero attached hydrogens (tertiary/aromatic N) is 3. The van der Waals surface area contributed by atoms with Crippen LogP contribution in [-0.2, 0) is 14.2 Å². The number of rotatable bonds is 3. The summed E-state index contributed by atoms with van der Waals surface area (Å²) in [7, 11) is 0. The van der Waals surface area contributed by atoms with Crippen molar-refractivity contribution in [3.8, 4) is 11.5 Å². The van der Waals surface area contributed by atoms with Crippen molar-refractivity contribution < 1.29 is 28.8 Å². The standard InChI is InChI=1S/C22H22ClN3O6/c1-21(2)31-17-20(26-7-6-12-18(23)24-9-25-19(12)26)30-16(22(17,3)32-21)15(27)11-4-5-13-14(8-11)29-10-28-13/h4-9,15-17,20,27H,10H2,1-3H3/t15-,16-,17+,20-,22-/m1/s1. The van der Waals surface area contributed by atoms with Crippen molar-refractivity contribution >= 4 is 22.6 Å². The molecule has 0 spiro atoms. The molecule has 1 N–H and O–H groups in total. The van der Waals surface area contributed by atoms with E-state index in [0.29, 0.717) is 33.2 Å². The molecule has 2 fully saturated rings. The van der Waals surface area contributed by atoms with Gasteiger partial charge >= 0.3 is 0 Å². The Hall–Kier alpha value is -2.43. The first-order chi connectivity index (χ1) is 15.3. The van der Waals surface area contributed by atoms with Gasteiger partial charge in [-0.2, -0.15) is 0 Å². The number of hydrogen-bond donors (Lipinski definition) is 1. The Labute approximate surface area is 188 Å². The summed E-state index contributed by atoms with van der Waals surface area (Å²) < 4.78 is 31.8. The predicted molar refractivity (Wildman–Crippen MR) is 112 cm³/mol. The van der Waals surface area contributed by atoms with Gasteiger partial charge in [-0.3, -0.25) is 0 Å². The smallest absolute Gasteiger partial charge is 0.231 e. The maximum Gasteiger partial charge on any atom is 0.231 e. The van der Waals surface area contributed by atoms with Crippen LogP contribution in [-0.4, -0.2) is 50.0 Å². The second kappa shape index (κ2) is 6.79. The normalized spacial score (nSPS) is 31.2. The molecule has 0 unspecified atom stereocenters. The van der Waals surface area contributed by atoms with Gasteiger partial charge in [0.1, 0.15) is 41.0 Å². The monoisotopic (exact) mass is 459 g/mol. The second-order valence-electron chi connectivity index (χ2n) is 8.85. The summed E-state index contributed by atoms with van der Waals surface area (Å²) in [5, 5.41) is 12.5. The lowest BCUT2D eigenvalue weighted by molar-refractivity contribution is -0.223. The Bertz CT molecular complexity index is 1220. The highest BCUT2D eigenvalue weighted by Crippen LogP contribution is 2.54. The number of ether oxygens (including phenoxy) is 5. The van der Waals surface area contributed by atoms with Gasteiger partial charge < -0.3 is 33.4 Å². The summed E-state index contributed by atoms with van der Waals surface area (Å²) in [5.74, 6) is 0.376. The van der Waals surface area contributed by atoms with Crippen LogP contribution in [0.15, 0.2) is 36.8 Å². The van der Waals surface area contributed by atoms with E-state index in [-0.39, 0.29) is 6.79 Å². The molecule has 3 aliphatic rings. The van der Waals surface area contributed by atoms with Gasteiger partial charge in [0, 0.05) is 6.20 Å². The minimum Gasteiger partial charge on any atom is -0.454 e. The molecule has 9 nitrogen and oxygen atoms in total. The lowest BCUT2D eigenvalue weighted by Gasteiger charge is -2.32.